The van der Waals surface area contributed by atoms with Crippen molar-refractivity contribution in [1.82, 2.24) is 10.2 Å². The van der Waals surface area contributed by atoms with Gasteiger partial charge in [0, 0.05) is 24.2 Å². The summed E-state index contributed by atoms with van der Waals surface area (Å²) in [5.74, 6) is 0.588. The van der Waals surface area contributed by atoms with E-state index >= 15 is 0 Å². The molecule has 0 bridgehead atoms. The van der Waals surface area contributed by atoms with E-state index in [2.05, 4.69) is 15.1 Å². The molecule has 0 aliphatic carbocycles. The number of rotatable bonds is 4. The largest absolute Gasteiger partial charge is 0.506 e. The van der Waals surface area contributed by atoms with Gasteiger partial charge in [-0.05, 0) is 55.3 Å². The van der Waals surface area contributed by atoms with Gasteiger partial charge in [-0.2, -0.15) is 0 Å². The number of nitrogens with zero attached hydrogens (tertiary/aromatic N) is 3. The Labute approximate surface area is 156 Å². The summed E-state index contributed by atoms with van der Waals surface area (Å²) in [4.78, 5) is 13.7. The van der Waals surface area contributed by atoms with Gasteiger partial charge in [-0.1, -0.05) is 0 Å². The molecule has 1 aliphatic heterocycles. The monoisotopic (exact) mass is 365 g/mol. The zero-order valence-electron chi connectivity index (χ0n) is 14.9. The molecule has 0 unspecified atom stereocenters. The Morgan fingerprint density at radius 2 is 1.67 bits per heavy atom. The number of benzene rings is 2. The molecule has 1 aromatic heterocycles. The van der Waals surface area contributed by atoms with Crippen LogP contribution in [-0.2, 0) is 4.74 Å². The van der Waals surface area contributed by atoms with Crippen LogP contribution < -0.4 is 4.90 Å². The van der Waals surface area contributed by atoms with Crippen molar-refractivity contribution in [2.45, 2.75) is 12.8 Å². The molecule has 4 rings (SSSR count). The zero-order valence-corrected chi connectivity index (χ0v) is 14.9. The Kier molecular flexibility index (Phi) is 4.50. The number of carbonyl (C=O) groups excluding carboxylic acids is 1. The lowest BCUT2D eigenvalue weighted by molar-refractivity contribution is 0.0600. The highest BCUT2D eigenvalue weighted by Gasteiger charge is 2.18. The first-order chi connectivity index (χ1) is 13.2. The van der Waals surface area contributed by atoms with Crippen molar-refractivity contribution in [3.05, 3.63) is 48.0 Å². The maximum atomic E-state index is 11.5. The molecule has 0 saturated carbocycles. The van der Waals surface area contributed by atoms with E-state index in [4.69, 9.17) is 9.15 Å². The smallest absolute Gasteiger partial charge is 0.337 e. The van der Waals surface area contributed by atoms with Crippen LogP contribution in [0.5, 0.6) is 5.75 Å². The average molecular weight is 365 g/mol. The summed E-state index contributed by atoms with van der Waals surface area (Å²) in [6, 6.07) is 12.0. The highest BCUT2D eigenvalue weighted by atomic mass is 16.5. The molecule has 1 N–H and O–H groups in total. The second-order valence-electron chi connectivity index (χ2n) is 6.38. The van der Waals surface area contributed by atoms with Gasteiger partial charge in [0.2, 0.25) is 11.8 Å². The molecule has 7 nitrogen and oxygen atoms in total. The molecule has 0 amide bonds. The first kappa shape index (κ1) is 17.1. The number of anilines is 1. The molecule has 27 heavy (non-hydrogen) atoms. The van der Waals surface area contributed by atoms with Crippen molar-refractivity contribution in [2.24, 2.45) is 0 Å². The number of ether oxygens (including phenoxy) is 1. The lowest BCUT2D eigenvalue weighted by Gasteiger charge is -2.19. The SMILES string of the molecule is COC(=O)c1ccc(-c2nnc(-c3ccc(O)c(N4CCCC4)c3)o2)cc1. The molecule has 138 valence electrons. The highest BCUT2D eigenvalue weighted by molar-refractivity contribution is 5.89. The van der Waals surface area contributed by atoms with E-state index in [1.54, 1.807) is 36.4 Å². The van der Waals surface area contributed by atoms with E-state index in [1.165, 1.54) is 7.11 Å². The molecule has 2 heterocycles. The maximum Gasteiger partial charge on any atom is 0.337 e. The van der Waals surface area contributed by atoms with Gasteiger partial charge >= 0.3 is 5.97 Å². The fourth-order valence-electron chi connectivity index (χ4n) is 3.19. The number of methoxy groups -OCH3 is 1. The Balaban J connectivity index is 1.61. The third kappa shape index (κ3) is 3.36. The van der Waals surface area contributed by atoms with Gasteiger partial charge in [0.1, 0.15) is 5.75 Å². The average Bonchev–Trinajstić information content (AvgIpc) is 3.40. The number of hydrogen-bond donors (Lipinski definition) is 1. The quantitative estimate of drug-likeness (QED) is 0.708. The fourth-order valence-corrected chi connectivity index (χ4v) is 3.19. The second kappa shape index (κ2) is 7.11. The highest BCUT2D eigenvalue weighted by Crippen LogP contribution is 2.34. The van der Waals surface area contributed by atoms with Crippen molar-refractivity contribution in [2.75, 3.05) is 25.1 Å². The second-order valence-corrected chi connectivity index (χ2v) is 6.38. The van der Waals surface area contributed by atoms with Crippen molar-refractivity contribution in [1.29, 1.82) is 0 Å². The molecule has 2 aromatic carbocycles. The van der Waals surface area contributed by atoms with Crippen LogP contribution in [-0.4, -0.2) is 41.5 Å². The summed E-state index contributed by atoms with van der Waals surface area (Å²) in [7, 11) is 1.34. The van der Waals surface area contributed by atoms with Crippen LogP contribution in [0.15, 0.2) is 46.9 Å². The van der Waals surface area contributed by atoms with E-state index in [0.717, 1.165) is 37.2 Å². The van der Waals surface area contributed by atoms with Crippen LogP contribution in [0.2, 0.25) is 0 Å². The van der Waals surface area contributed by atoms with Crippen molar-refractivity contribution >= 4 is 11.7 Å². The van der Waals surface area contributed by atoms with E-state index in [9.17, 15) is 9.90 Å². The standard InChI is InChI=1S/C20H19N3O4/c1-26-20(25)14-6-4-13(5-7-14)18-21-22-19(27-18)15-8-9-17(24)16(12-15)23-10-2-3-11-23/h4-9,12,24H,2-3,10-11H2,1H3. The van der Waals surface area contributed by atoms with Crippen LogP contribution >= 0.6 is 0 Å². The van der Waals surface area contributed by atoms with Crippen molar-refractivity contribution in [3.63, 3.8) is 0 Å². The molecular weight excluding hydrogens is 346 g/mol. The predicted octanol–water partition coefficient (Wildman–Crippen LogP) is 3.50. The van der Waals surface area contributed by atoms with Crippen LogP contribution in [0.3, 0.4) is 0 Å². The third-order valence-electron chi connectivity index (χ3n) is 4.65. The summed E-state index contributed by atoms with van der Waals surface area (Å²) in [6.45, 7) is 1.86. The van der Waals surface area contributed by atoms with Gasteiger partial charge in [0.05, 0.1) is 18.4 Å². The van der Waals surface area contributed by atoms with E-state index < -0.39 is 5.97 Å². The van der Waals surface area contributed by atoms with E-state index in [1.807, 2.05) is 6.07 Å². The maximum absolute atomic E-state index is 11.5. The first-order valence-corrected chi connectivity index (χ1v) is 8.76. The molecule has 1 aliphatic rings. The number of phenolic OH excluding ortho intramolecular Hbond substituents is 1. The summed E-state index contributed by atoms with van der Waals surface area (Å²) in [5, 5.41) is 18.4. The van der Waals surface area contributed by atoms with Crippen molar-refractivity contribution in [3.8, 4) is 28.7 Å². The third-order valence-corrected chi connectivity index (χ3v) is 4.65. The van der Waals surface area contributed by atoms with Crippen LogP contribution in [0.1, 0.15) is 23.2 Å². The predicted molar refractivity (Wildman–Crippen MR) is 99.6 cm³/mol. The number of hydrogen-bond acceptors (Lipinski definition) is 7. The molecule has 1 saturated heterocycles. The number of aromatic hydroxyl groups is 1. The molecule has 0 atom stereocenters. The lowest BCUT2D eigenvalue weighted by Crippen LogP contribution is -2.17. The van der Waals surface area contributed by atoms with E-state index in [-0.39, 0.29) is 5.75 Å². The van der Waals surface area contributed by atoms with Gasteiger partial charge in [0.15, 0.2) is 0 Å². The topological polar surface area (TPSA) is 88.7 Å². The molecular formula is C20H19N3O4. The van der Waals surface area contributed by atoms with Crippen LogP contribution in [0.25, 0.3) is 22.9 Å². The summed E-state index contributed by atoms with van der Waals surface area (Å²) < 4.78 is 10.5. The Hall–Kier alpha value is -3.35. The number of esters is 1. The molecule has 0 spiro atoms. The molecule has 0 radical (unpaired) electrons. The van der Waals surface area contributed by atoms with Crippen molar-refractivity contribution < 1.29 is 19.1 Å². The van der Waals surface area contributed by atoms with Gasteiger partial charge in [-0.15, -0.1) is 10.2 Å². The van der Waals surface area contributed by atoms with Gasteiger partial charge in [-0.3, -0.25) is 0 Å². The van der Waals surface area contributed by atoms with Crippen LogP contribution in [0.4, 0.5) is 5.69 Å². The lowest BCUT2D eigenvalue weighted by atomic mass is 10.1. The summed E-state index contributed by atoms with van der Waals surface area (Å²) in [6.07, 6.45) is 2.24. The summed E-state index contributed by atoms with van der Waals surface area (Å²) >= 11 is 0. The molecule has 7 heteroatoms. The van der Waals surface area contributed by atoms with E-state index in [0.29, 0.717) is 22.9 Å². The Bertz CT molecular complexity index is 960. The fraction of sp³-hybridized carbons (Fsp3) is 0.250. The zero-order chi connectivity index (χ0) is 18.8. The minimum atomic E-state index is -0.397. The molecule has 3 aromatic rings. The van der Waals surface area contributed by atoms with Gasteiger partial charge in [0.25, 0.3) is 0 Å². The molecule has 1 fully saturated rings. The minimum Gasteiger partial charge on any atom is -0.506 e. The summed E-state index contributed by atoms with van der Waals surface area (Å²) in [5.41, 5.74) is 2.70. The number of aromatic nitrogens is 2. The van der Waals surface area contributed by atoms with Gasteiger partial charge < -0.3 is 19.2 Å². The van der Waals surface area contributed by atoms with Gasteiger partial charge in [-0.25, -0.2) is 4.79 Å². The first-order valence-electron chi connectivity index (χ1n) is 8.76. The Morgan fingerprint density at radius 3 is 2.33 bits per heavy atom. The van der Waals surface area contributed by atoms with Crippen LogP contribution in [0, 0.1) is 0 Å². The Morgan fingerprint density at radius 1 is 1.04 bits per heavy atom. The normalized spacial score (nSPS) is 13.7. The minimum absolute atomic E-state index is 0.249. The number of carbonyl (C=O) groups is 1. The number of phenols is 1.